The number of anilines is 1. The standard InChI is InChI=1S/C26H28FN5O4/c1-4-13-32-24(34)22-21(23(33)30-20-8-6-5-7-19(20)27)29-16-31(22)15-26(32,2)25(35)28-14-17-9-11-18(36-3)12-10-17/h5-12,16H,4,13-15H2,1-3H3,(H,28,35)(H,30,33). The molecule has 188 valence electrons. The van der Waals surface area contributed by atoms with Gasteiger partial charge in [0.1, 0.15) is 22.8 Å². The molecule has 4 rings (SSSR count). The molecule has 1 aliphatic heterocycles. The monoisotopic (exact) mass is 493 g/mol. The maximum atomic E-state index is 14.0. The van der Waals surface area contributed by atoms with Gasteiger partial charge in [-0.1, -0.05) is 31.2 Å². The van der Waals surface area contributed by atoms with Crippen molar-refractivity contribution in [3.63, 3.8) is 0 Å². The number of halogens is 1. The van der Waals surface area contributed by atoms with E-state index in [0.29, 0.717) is 18.7 Å². The van der Waals surface area contributed by atoms with Crippen molar-refractivity contribution < 1.29 is 23.5 Å². The number of carbonyl (C=O) groups excluding carboxylic acids is 3. The molecule has 3 aromatic rings. The lowest BCUT2D eigenvalue weighted by atomic mass is 9.93. The Labute approximate surface area is 208 Å². The van der Waals surface area contributed by atoms with E-state index in [2.05, 4.69) is 15.6 Å². The minimum Gasteiger partial charge on any atom is -0.497 e. The Hall–Kier alpha value is -4.21. The summed E-state index contributed by atoms with van der Waals surface area (Å²) in [4.78, 5) is 45.5. The maximum Gasteiger partial charge on any atom is 0.276 e. The Morgan fingerprint density at radius 3 is 2.56 bits per heavy atom. The van der Waals surface area contributed by atoms with Gasteiger partial charge in [0.15, 0.2) is 5.69 Å². The molecule has 3 amide bonds. The van der Waals surface area contributed by atoms with Crippen LogP contribution in [0.5, 0.6) is 5.75 Å². The number of imidazole rings is 1. The van der Waals surface area contributed by atoms with Crippen LogP contribution in [-0.2, 0) is 17.9 Å². The summed E-state index contributed by atoms with van der Waals surface area (Å²) >= 11 is 0. The number of fused-ring (bicyclic) bond motifs is 1. The SMILES string of the molecule is CCCN1C(=O)c2c(C(=O)Nc3ccccc3F)ncn2CC1(C)C(=O)NCc1ccc(OC)cc1. The molecular weight excluding hydrogens is 465 g/mol. The van der Waals surface area contributed by atoms with Gasteiger partial charge < -0.3 is 24.8 Å². The van der Waals surface area contributed by atoms with Crippen LogP contribution in [0.15, 0.2) is 54.9 Å². The summed E-state index contributed by atoms with van der Waals surface area (Å²) in [7, 11) is 1.58. The molecule has 0 saturated carbocycles. The van der Waals surface area contributed by atoms with Crippen molar-refractivity contribution in [1.29, 1.82) is 0 Å². The summed E-state index contributed by atoms with van der Waals surface area (Å²) < 4.78 is 20.7. The molecule has 0 aliphatic carbocycles. The molecule has 10 heteroatoms. The molecule has 0 spiro atoms. The zero-order valence-corrected chi connectivity index (χ0v) is 20.4. The van der Waals surface area contributed by atoms with Crippen LogP contribution in [0.3, 0.4) is 0 Å². The first-order valence-corrected chi connectivity index (χ1v) is 11.6. The first kappa shape index (κ1) is 24.9. The molecule has 0 saturated heterocycles. The van der Waals surface area contributed by atoms with Crippen molar-refractivity contribution >= 4 is 23.4 Å². The van der Waals surface area contributed by atoms with Gasteiger partial charge in [0.25, 0.3) is 11.8 Å². The number of aromatic nitrogens is 2. The summed E-state index contributed by atoms with van der Waals surface area (Å²) in [6.45, 7) is 4.31. The average molecular weight is 494 g/mol. The van der Waals surface area contributed by atoms with Crippen LogP contribution in [0.4, 0.5) is 10.1 Å². The number of benzene rings is 2. The van der Waals surface area contributed by atoms with Gasteiger partial charge in [-0.15, -0.1) is 0 Å². The van der Waals surface area contributed by atoms with Crippen LogP contribution in [0, 0.1) is 5.82 Å². The van der Waals surface area contributed by atoms with E-state index in [0.717, 1.165) is 5.56 Å². The first-order chi connectivity index (χ1) is 17.3. The summed E-state index contributed by atoms with van der Waals surface area (Å²) in [6.07, 6.45) is 1.97. The lowest BCUT2D eigenvalue weighted by molar-refractivity contribution is -0.133. The van der Waals surface area contributed by atoms with Crippen molar-refractivity contribution in [3.8, 4) is 5.75 Å². The second-order valence-electron chi connectivity index (χ2n) is 8.77. The molecule has 0 radical (unpaired) electrons. The Morgan fingerprint density at radius 1 is 1.17 bits per heavy atom. The van der Waals surface area contributed by atoms with Crippen molar-refractivity contribution in [1.82, 2.24) is 19.8 Å². The van der Waals surface area contributed by atoms with E-state index in [1.165, 1.54) is 34.0 Å². The molecule has 1 atom stereocenters. The van der Waals surface area contributed by atoms with Crippen LogP contribution in [0.25, 0.3) is 0 Å². The zero-order valence-electron chi connectivity index (χ0n) is 20.4. The van der Waals surface area contributed by atoms with Gasteiger partial charge in [-0.3, -0.25) is 14.4 Å². The number of ether oxygens (including phenoxy) is 1. The minimum atomic E-state index is -1.20. The number of hydrogen-bond donors (Lipinski definition) is 2. The molecular formula is C26H28FN5O4. The topological polar surface area (TPSA) is 106 Å². The second kappa shape index (κ2) is 10.2. The predicted molar refractivity (Wildman–Crippen MR) is 131 cm³/mol. The number of amides is 3. The van der Waals surface area contributed by atoms with Gasteiger partial charge in [-0.2, -0.15) is 0 Å². The molecule has 1 unspecified atom stereocenters. The van der Waals surface area contributed by atoms with Crippen molar-refractivity contribution in [2.45, 2.75) is 38.9 Å². The number of rotatable bonds is 8. The van der Waals surface area contributed by atoms with E-state index >= 15 is 0 Å². The van der Waals surface area contributed by atoms with E-state index in [1.54, 1.807) is 20.1 Å². The third-order valence-corrected chi connectivity index (χ3v) is 6.25. The van der Waals surface area contributed by atoms with Crippen molar-refractivity contribution in [3.05, 3.63) is 77.6 Å². The predicted octanol–water partition coefficient (Wildman–Crippen LogP) is 3.22. The van der Waals surface area contributed by atoms with Gasteiger partial charge in [0.2, 0.25) is 5.91 Å². The van der Waals surface area contributed by atoms with Gasteiger partial charge in [-0.25, -0.2) is 9.37 Å². The molecule has 1 aromatic heterocycles. The van der Waals surface area contributed by atoms with E-state index in [-0.39, 0.29) is 36.1 Å². The second-order valence-corrected chi connectivity index (χ2v) is 8.77. The molecule has 9 nitrogen and oxygen atoms in total. The smallest absolute Gasteiger partial charge is 0.276 e. The minimum absolute atomic E-state index is 0.0133. The Bertz CT molecular complexity index is 1290. The van der Waals surface area contributed by atoms with Gasteiger partial charge >= 0.3 is 0 Å². The fourth-order valence-corrected chi connectivity index (χ4v) is 4.29. The van der Waals surface area contributed by atoms with Crippen LogP contribution in [0.1, 0.15) is 46.8 Å². The summed E-state index contributed by atoms with van der Waals surface area (Å²) in [5, 5.41) is 5.40. The van der Waals surface area contributed by atoms with Crippen LogP contribution in [0.2, 0.25) is 0 Å². The van der Waals surface area contributed by atoms with Crippen molar-refractivity contribution in [2.75, 3.05) is 19.0 Å². The lowest BCUT2D eigenvalue weighted by Gasteiger charge is -2.43. The van der Waals surface area contributed by atoms with E-state index < -0.39 is 23.2 Å². The number of methoxy groups -OCH3 is 1. The van der Waals surface area contributed by atoms with E-state index in [1.807, 2.05) is 31.2 Å². The van der Waals surface area contributed by atoms with Crippen LogP contribution < -0.4 is 15.4 Å². The highest BCUT2D eigenvalue weighted by Crippen LogP contribution is 2.29. The fraction of sp³-hybridized carbons (Fsp3) is 0.308. The van der Waals surface area contributed by atoms with Crippen LogP contribution >= 0.6 is 0 Å². The molecule has 1 aliphatic rings. The Morgan fingerprint density at radius 2 is 1.89 bits per heavy atom. The van der Waals surface area contributed by atoms with Gasteiger partial charge in [-0.05, 0) is 43.2 Å². The quantitative estimate of drug-likeness (QED) is 0.501. The number of para-hydroxylation sites is 1. The fourth-order valence-electron chi connectivity index (χ4n) is 4.29. The highest BCUT2D eigenvalue weighted by atomic mass is 19.1. The average Bonchev–Trinajstić information content (AvgIpc) is 3.30. The van der Waals surface area contributed by atoms with Crippen molar-refractivity contribution in [2.24, 2.45) is 0 Å². The Balaban J connectivity index is 1.57. The molecule has 2 aromatic carbocycles. The zero-order chi connectivity index (χ0) is 25.9. The summed E-state index contributed by atoms with van der Waals surface area (Å²) in [5.74, 6) is -1.39. The molecule has 2 heterocycles. The van der Waals surface area contributed by atoms with E-state index in [4.69, 9.17) is 4.74 Å². The largest absolute Gasteiger partial charge is 0.497 e. The number of hydrogen-bond acceptors (Lipinski definition) is 5. The third kappa shape index (κ3) is 4.66. The number of nitrogens with zero attached hydrogens (tertiary/aromatic N) is 3. The van der Waals surface area contributed by atoms with E-state index in [9.17, 15) is 18.8 Å². The first-order valence-electron chi connectivity index (χ1n) is 11.6. The number of nitrogens with one attached hydrogen (secondary N) is 2. The molecule has 0 bridgehead atoms. The highest BCUT2D eigenvalue weighted by Gasteiger charge is 2.48. The highest BCUT2D eigenvalue weighted by molar-refractivity contribution is 6.11. The molecule has 0 fully saturated rings. The summed E-state index contributed by atoms with van der Waals surface area (Å²) in [6, 6.07) is 13.1. The Kier molecular flexibility index (Phi) is 7.05. The maximum absolute atomic E-state index is 14.0. The molecule has 36 heavy (non-hydrogen) atoms. The molecule has 2 N–H and O–H groups in total. The lowest BCUT2D eigenvalue weighted by Crippen LogP contribution is -2.64. The van der Waals surface area contributed by atoms with Crippen LogP contribution in [-0.4, -0.2) is 51.4 Å². The number of carbonyl (C=O) groups is 3. The van der Waals surface area contributed by atoms with Gasteiger partial charge in [0.05, 0.1) is 25.7 Å². The summed E-state index contributed by atoms with van der Waals surface area (Å²) in [5.41, 5.74) is -0.386. The third-order valence-electron chi connectivity index (χ3n) is 6.25. The normalized spacial score (nSPS) is 16.9. The van der Waals surface area contributed by atoms with Gasteiger partial charge in [0, 0.05) is 13.1 Å².